The van der Waals surface area contributed by atoms with E-state index in [1.807, 2.05) is 0 Å². The van der Waals surface area contributed by atoms with Gasteiger partial charge >= 0.3 is 11.9 Å². The Labute approximate surface area is 208 Å². The van der Waals surface area contributed by atoms with Crippen LogP contribution in [0.2, 0.25) is 0 Å². The van der Waals surface area contributed by atoms with Crippen LogP contribution < -0.4 is 11.1 Å². The lowest BCUT2D eigenvalue weighted by molar-refractivity contribution is -0.149. The van der Waals surface area contributed by atoms with Crippen LogP contribution in [0.5, 0.6) is 0 Å². The van der Waals surface area contributed by atoms with Crippen LogP contribution >= 0.6 is 0 Å². The summed E-state index contributed by atoms with van der Waals surface area (Å²) >= 11 is 0. The molecule has 0 radical (unpaired) electrons. The highest BCUT2D eigenvalue weighted by atomic mass is 16.5. The fraction of sp³-hybridized carbons (Fsp3) is 0.889. The summed E-state index contributed by atoms with van der Waals surface area (Å²) in [5.41, 5.74) is 5.51. The minimum atomic E-state index is -0.478. The molecule has 0 saturated carbocycles. The molecule has 7 nitrogen and oxygen atoms in total. The zero-order valence-electron chi connectivity index (χ0n) is 22.0. The first kappa shape index (κ1) is 32.5. The number of nitrogens with one attached hydrogen (secondary N) is 1. The van der Waals surface area contributed by atoms with E-state index in [1.165, 1.54) is 71.3 Å². The number of unbranched alkanes of at least 4 members (excludes halogenated alkanes) is 12. The monoisotopic (exact) mass is 484 g/mol. The smallest absolute Gasteiger partial charge is 0.310 e. The predicted octanol–water partition coefficient (Wildman–Crippen LogP) is 5.09. The topological polar surface area (TPSA) is 108 Å². The van der Waals surface area contributed by atoms with E-state index in [2.05, 4.69) is 12.2 Å². The first-order chi connectivity index (χ1) is 16.6. The van der Waals surface area contributed by atoms with Crippen LogP contribution in [-0.4, -0.2) is 51.1 Å². The molecule has 1 unspecified atom stereocenters. The highest BCUT2D eigenvalue weighted by Crippen LogP contribution is 2.13. The van der Waals surface area contributed by atoms with Crippen molar-refractivity contribution in [2.45, 2.75) is 122 Å². The predicted molar refractivity (Wildman–Crippen MR) is 138 cm³/mol. The molecule has 7 heteroatoms. The van der Waals surface area contributed by atoms with Gasteiger partial charge in [0.25, 0.3) is 0 Å². The quantitative estimate of drug-likeness (QED) is 0.106. The number of nitrogens with two attached hydrogens (primary N) is 1. The maximum atomic E-state index is 12.6. The number of carbonyl (C=O) groups is 3. The zero-order chi connectivity index (χ0) is 25.3. The van der Waals surface area contributed by atoms with Crippen molar-refractivity contribution in [1.29, 1.82) is 0 Å². The maximum absolute atomic E-state index is 12.6. The third kappa shape index (κ3) is 20.0. The lowest BCUT2D eigenvalue weighted by Gasteiger charge is -2.19. The van der Waals surface area contributed by atoms with Crippen LogP contribution in [0.15, 0.2) is 0 Å². The Kier molecular flexibility index (Phi) is 23.6. The van der Waals surface area contributed by atoms with Crippen molar-refractivity contribution in [3.05, 3.63) is 0 Å². The second-order valence-corrected chi connectivity index (χ2v) is 9.30. The second-order valence-electron chi connectivity index (χ2n) is 9.30. The number of aldehydes is 1. The van der Waals surface area contributed by atoms with Gasteiger partial charge in [-0.1, -0.05) is 84.0 Å². The van der Waals surface area contributed by atoms with Gasteiger partial charge in [0.05, 0.1) is 25.7 Å². The van der Waals surface area contributed by atoms with E-state index in [0.717, 1.165) is 32.0 Å². The molecular weight excluding hydrogens is 432 g/mol. The molecule has 0 bridgehead atoms. The van der Waals surface area contributed by atoms with Crippen LogP contribution in [0.3, 0.4) is 0 Å². The number of hydrogen-bond donors (Lipinski definition) is 2. The molecule has 0 fully saturated rings. The Balaban J connectivity index is 4.08. The summed E-state index contributed by atoms with van der Waals surface area (Å²) < 4.78 is 10.2. The normalized spacial score (nSPS) is 12.8. The minimum Gasteiger partial charge on any atom is -0.469 e. The van der Waals surface area contributed by atoms with Crippen molar-refractivity contribution >= 4 is 18.2 Å². The third-order valence-electron chi connectivity index (χ3n) is 6.26. The van der Waals surface area contributed by atoms with Crippen molar-refractivity contribution in [3.63, 3.8) is 0 Å². The molecule has 0 rings (SSSR count). The van der Waals surface area contributed by atoms with Gasteiger partial charge in [-0.3, -0.25) is 9.59 Å². The summed E-state index contributed by atoms with van der Waals surface area (Å²) in [4.78, 5) is 35.4. The fourth-order valence-corrected chi connectivity index (χ4v) is 3.95. The van der Waals surface area contributed by atoms with Crippen molar-refractivity contribution in [1.82, 2.24) is 5.32 Å². The lowest BCUT2D eigenvalue weighted by atomic mass is 10.0. The molecule has 2 atom stereocenters. The van der Waals surface area contributed by atoms with Gasteiger partial charge in [0.15, 0.2) is 0 Å². The van der Waals surface area contributed by atoms with E-state index in [9.17, 15) is 14.4 Å². The molecule has 0 saturated heterocycles. The number of ether oxygens (including phenoxy) is 2. The van der Waals surface area contributed by atoms with Gasteiger partial charge in [-0.2, -0.15) is 0 Å². The molecule has 0 aromatic heterocycles. The molecule has 3 N–H and O–H groups in total. The van der Waals surface area contributed by atoms with Crippen molar-refractivity contribution < 1.29 is 23.9 Å². The zero-order valence-corrected chi connectivity index (χ0v) is 22.0. The van der Waals surface area contributed by atoms with Crippen LogP contribution in [0, 0.1) is 5.92 Å². The fourth-order valence-electron chi connectivity index (χ4n) is 3.95. The Hall–Kier alpha value is -1.47. The molecule has 0 spiro atoms. The van der Waals surface area contributed by atoms with E-state index >= 15 is 0 Å². The Bertz CT molecular complexity index is 501. The summed E-state index contributed by atoms with van der Waals surface area (Å²) in [6.45, 7) is 3.55. The third-order valence-corrected chi connectivity index (χ3v) is 6.26. The summed E-state index contributed by atoms with van der Waals surface area (Å²) in [6, 6.07) is -0.323. The van der Waals surface area contributed by atoms with Gasteiger partial charge in [0.2, 0.25) is 0 Å². The van der Waals surface area contributed by atoms with Crippen molar-refractivity contribution in [3.8, 4) is 0 Å². The standard InChI is InChI=1S/C27H52N2O5/c1-3-4-5-6-7-8-9-10-11-12-13-16-21-34-27(32)24(18-19-26(31)33-2)22-29-25(23-30)17-14-15-20-28/h23-25,29H,3-22,28H2,1-2H3/t24?,25-/m0/s1. The van der Waals surface area contributed by atoms with Crippen LogP contribution in [0.4, 0.5) is 0 Å². The van der Waals surface area contributed by atoms with E-state index in [-0.39, 0.29) is 24.4 Å². The minimum absolute atomic E-state index is 0.148. The first-order valence-electron chi connectivity index (χ1n) is 13.7. The summed E-state index contributed by atoms with van der Waals surface area (Å²) in [5.74, 6) is -1.15. The molecule has 0 aromatic carbocycles. The van der Waals surface area contributed by atoms with Gasteiger partial charge in [0.1, 0.15) is 6.29 Å². The Morgan fingerprint density at radius 1 is 0.853 bits per heavy atom. The van der Waals surface area contributed by atoms with Gasteiger partial charge in [-0.25, -0.2) is 0 Å². The molecule has 0 aliphatic carbocycles. The number of esters is 2. The first-order valence-corrected chi connectivity index (χ1v) is 13.7. The molecule has 0 amide bonds. The number of rotatable bonds is 25. The van der Waals surface area contributed by atoms with E-state index in [0.29, 0.717) is 32.5 Å². The second kappa shape index (κ2) is 24.6. The SMILES string of the molecule is CCCCCCCCCCCCCCOC(=O)C(CCC(=O)OC)CN[C@H](C=O)CCCCN. The average molecular weight is 485 g/mol. The molecule has 0 heterocycles. The summed E-state index contributed by atoms with van der Waals surface area (Å²) in [6.07, 6.45) is 18.8. The highest BCUT2D eigenvalue weighted by Gasteiger charge is 2.22. The molecule has 0 aliphatic rings. The van der Waals surface area contributed by atoms with E-state index < -0.39 is 5.92 Å². The molecular formula is C27H52N2O5. The lowest BCUT2D eigenvalue weighted by Crippen LogP contribution is -2.38. The number of carbonyl (C=O) groups excluding carboxylic acids is 3. The van der Waals surface area contributed by atoms with Crippen molar-refractivity contribution in [2.75, 3.05) is 26.8 Å². The molecule has 200 valence electrons. The Morgan fingerprint density at radius 2 is 1.44 bits per heavy atom. The molecule has 34 heavy (non-hydrogen) atoms. The highest BCUT2D eigenvalue weighted by molar-refractivity contribution is 5.74. The van der Waals surface area contributed by atoms with Gasteiger partial charge in [-0.05, 0) is 32.2 Å². The average Bonchev–Trinajstić information content (AvgIpc) is 2.85. The van der Waals surface area contributed by atoms with Crippen LogP contribution in [0.1, 0.15) is 116 Å². The largest absolute Gasteiger partial charge is 0.469 e. The van der Waals surface area contributed by atoms with Gasteiger partial charge < -0.3 is 25.3 Å². The number of methoxy groups -OCH3 is 1. The summed E-state index contributed by atoms with van der Waals surface area (Å²) in [7, 11) is 1.33. The summed E-state index contributed by atoms with van der Waals surface area (Å²) in [5, 5.41) is 3.14. The molecule has 0 aromatic rings. The van der Waals surface area contributed by atoms with Crippen LogP contribution in [-0.2, 0) is 23.9 Å². The van der Waals surface area contributed by atoms with Gasteiger partial charge in [-0.15, -0.1) is 0 Å². The maximum Gasteiger partial charge on any atom is 0.310 e. The molecule has 0 aliphatic heterocycles. The van der Waals surface area contributed by atoms with Crippen LogP contribution in [0.25, 0.3) is 0 Å². The van der Waals surface area contributed by atoms with E-state index in [1.54, 1.807) is 0 Å². The van der Waals surface area contributed by atoms with Gasteiger partial charge in [0, 0.05) is 13.0 Å². The van der Waals surface area contributed by atoms with E-state index in [4.69, 9.17) is 15.2 Å². The van der Waals surface area contributed by atoms with Crippen molar-refractivity contribution in [2.24, 2.45) is 11.7 Å². The Morgan fingerprint density at radius 3 is 1.97 bits per heavy atom. The number of hydrogen-bond acceptors (Lipinski definition) is 7.